The summed E-state index contributed by atoms with van der Waals surface area (Å²) in [6, 6.07) is 3.91. The van der Waals surface area contributed by atoms with Crippen LogP contribution in [0.3, 0.4) is 0 Å². The number of aldehydes is 2. The molecule has 27 heavy (non-hydrogen) atoms. The maximum atomic E-state index is 12.9. The number of carbonyl (C=O) groups excluding carboxylic acids is 2. The van der Waals surface area contributed by atoms with Crippen LogP contribution < -0.4 is 4.90 Å². The normalized spacial score (nSPS) is 22.8. The van der Waals surface area contributed by atoms with Crippen molar-refractivity contribution in [2.45, 2.75) is 12.6 Å². The SMILES string of the molecule is O=CC1(C=O)C[C@H]1CN1CCN(c2csc3cc(C(F)(F)F)ccc23)CC1. The van der Waals surface area contributed by atoms with Crippen molar-refractivity contribution in [3.05, 3.63) is 29.1 Å². The van der Waals surface area contributed by atoms with Gasteiger partial charge < -0.3 is 14.5 Å². The second kappa shape index (κ2) is 6.60. The fourth-order valence-corrected chi connectivity index (χ4v) is 4.85. The van der Waals surface area contributed by atoms with Gasteiger partial charge in [-0.3, -0.25) is 4.90 Å². The molecule has 8 heteroatoms. The standard InChI is InChI=1S/C19H19F3N2O2S/c20-19(21,22)13-1-2-15-16(10-27-17(15)7-13)24-5-3-23(4-6-24)9-14-8-18(14,11-25)12-26/h1-2,7,10-12,14H,3-6,8-9H2/t14-/m0/s1. The van der Waals surface area contributed by atoms with Crippen molar-refractivity contribution in [3.63, 3.8) is 0 Å². The Morgan fingerprint density at radius 1 is 1.15 bits per heavy atom. The molecule has 0 amide bonds. The summed E-state index contributed by atoms with van der Waals surface area (Å²) in [4.78, 5) is 26.6. The van der Waals surface area contributed by atoms with E-state index in [4.69, 9.17) is 0 Å². The average molecular weight is 396 g/mol. The lowest BCUT2D eigenvalue weighted by Crippen LogP contribution is -2.47. The van der Waals surface area contributed by atoms with Gasteiger partial charge in [-0.2, -0.15) is 13.2 Å². The number of piperazine rings is 1. The summed E-state index contributed by atoms with van der Waals surface area (Å²) in [5, 5.41) is 2.77. The number of hydrogen-bond donors (Lipinski definition) is 0. The first-order valence-electron chi connectivity index (χ1n) is 8.85. The molecule has 2 heterocycles. The van der Waals surface area contributed by atoms with Crippen LogP contribution in [0.15, 0.2) is 23.6 Å². The highest BCUT2D eigenvalue weighted by Crippen LogP contribution is 2.49. The van der Waals surface area contributed by atoms with Crippen LogP contribution >= 0.6 is 11.3 Å². The van der Waals surface area contributed by atoms with E-state index in [-0.39, 0.29) is 5.92 Å². The summed E-state index contributed by atoms with van der Waals surface area (Å²) < 4.78 is 39.3. The molecule has 1 saturated carbocycles. The minimum atomic E-state index is -4.33. The molecule has 4 rings (SSSR count). The Labute approximate surface area is 158 Å². The van der Waals surface area contributed by atoms with Crippen molar-refractivity contribution in [2.24, 2.45) is 11.3 Å². The molecule has 0 unspecified atom stereocenters. The van der Waals surface area contributed by atoms with Gasteiger partial charge in [-0.1, -0.05) is 6.07 Å². The summed E-state index contributed by atoms with van der Waals surface area (Å²) in [5.74, 6) is 0.113. The molecule has 1 aliphatic heterocycles. The zero-order valence-electron chi connectivity index (χ0n) is 14.5. The van der Waals surface area contributed by atoms with Crippen LogP contribution in [-0.2, 0) is 15.8 Å². The minimum absolute atomic E-state index is 0.113. The van der Waals surface area contributed by atoms with E-state index in [0.717, 1.165) is 62.4 Å². The van der Waals surface area contributed by atoms with E-state index in [1.807, 2.05) is 5.38 Å². The van der Waals surface area contributed by atoms with E-state index in [2.05, 4.69) is 9.80 Å². The van der Waals surface area contributed by atoms with E-state index in [0.29, 0.717) is 11.1 Å². The van der Waals surface area contributed by atoms with Gasteiger partial charge >= 0.3 is 6.18 Å². The van der Waals surface area contributed by atoms with Crippen LogP contribution in [0, 0.1) is 11.3 Å². The first kappa shape index (κ1) is 18.4. The fraction of sp³-hybridized carbons (Fsp3) is 0.474. The molecule has 144 valence electrons. The number of hydrogen-bond acceptors (Lipinski definition) is 5. The Hall–Kier alpha value is -1.93. The molecule has 2 aliphatic rings. The maximum Gasteiger partial charge on any atom is 0.416 e. The topological polar surface area (TPSA) is 40.6 Å². The van der Waals surface area contributed by atoms with Gasteiger partial charge in [0, 0.05) is 48.2 Å². The van der Waals surface area contributed by atoms with Crippen molar-refractivity contribution in [1.82, 2.24) is 4.90 Å². The van der Waals surface area contributed by atoms with Gasteiger partial charge in [0.15, 0.2) is 0 Å². The summed E-state index contributed by atoms with van der Waals surface area (Å²) >= 11 is 1.33. The lowest BCUT2D eigenvalue weighted by atomic mass is 10.1. The third-order valence-corrected chi connectivity index (χ3v) is 6.65. The monoisotopic (exact) mass is 396 g/mol. The van der Waals surface area contributed by atoms with Crippen LogP contribution in [0.2, 0.25) is 0 Å². The van der Waals surface area contributed by atoms with Crippen LogP contribution in [0.25, 0.3) is 10.1 Å². The van der Waals surface area contributed by atoms with Gasteiger partial charge in [-0.15, -0.1) is 11.3 Å². The first-order chi connectivity index (χ1) is 12.9. The predicted molar refractivity (Wildman–Crippen MR) is 98.1 cm³/mol. The average Bonchev–Trinajstić information content (AvgIpc) is 3.18. The Morgan fingerprint density at radius 2 is 1.85 bits per heavy atom. The maximum absolute atomic E-state index is 12.9. The zero-order valence-corrected chi connectivity index (χ0v) is 15.4. The van der Waals surface area contributed by atoms with Gasteiger partial charge in [0.05, 0.1) is 16.7 Å². The number of benzene rings is 1. The molecule has 0 spiro atoms. The number of halogens is 3. The van der Waals surface area contributed by atoms with Crippen LogP contribution in [0.1, 0.15) is 12.0 Å². The highest BCUT2D eigenvalue weighted by molar-refractivity contribution is 7.17. The van der Waals surface area contributed by atoms with E-state index in [1.54, 1.807) is 6.07 Å². The largest absolute Gasteiger partial charge is 0.416 e. The van der Waals surface area contributed by atoms with E-state index >= 15 is 0 Å². The third kappa shape index (κ3) is 3.36. The molecule has 4 nitrogen and oxygen atoms in total. The van der Waals surface area contributed by atoms with E-state index < -0.39 is 17.2 Å². The van der Waals surface area contributed by atoms with Gasteiger partial charge in [-0.05, 0) is 24.5 Å². The van der Waals surface area contributed by atoms with Crippen molar-refractivity contribution in [1.29, 1.82) is 0 Å². The Bertz CT molecular complexity index is 863. The summed E-state index contributed by atoms with van der Waals surface area (Å²) in [6.45, 7) is 3.90. The van der Waals surface area contributed by atoms with Gasteiger partial charge in [-0.25, -0.2) is 0 Å². The zero-order chi connectivity index (χ0) is 19.2. The molecule has 1 aliphatic carbocycles. The molecule has 1 aromatic carbocycles. The molecule has 0 N–H and O–H groups in total. The smallest absolute Gasteiger partial charge is 0.368 e. The van der Waals surface area contributed by atoms with Crippen LogP contribution in [-0.4, -0.2) is 50.2 Å². The lowest BCUT2D eigenvalue weighted by molar-refractivity contribution is -0.137. The van der Waals surface area contributed by atoms with E-state index in [1.165, 1.54) is 17.4 Å². The quantitative estimate of drug-likeness (QED) is 0.574. The number of alkyl halides is 3. The molecule has 0 radical (unpaired) electrons. The number of thiophene rings is 1. The molecule has 2 aromatic rings. The molecular formula is C19H19F3N2O2S. The van der Waals surface area contributed by atoms with Gasteiger partial charge in [0.25, 0.3) is 0 Å². The van der Waals surface area contributed by atoms with Crippen molar-refractivity contribution >= 4 is 39.7 Å². The van der Waals surface area contributed by atoms with Crippen molar-refractivity contribution < 1.29 is 22.8 Å². The number of fused-ring (bicyclic) bond motifs is 1. The van der Waals surface area contributed by atoms with Gasteiger partial charge in [0.2, 0.25) is 0 Å². The number of anilines is 1. The minimum Gasteiger partial charge on any atom is -0.368 e. The lowest BCUT2D eigenvalue weighted by Gasteiger charge is -2.36. The predicted octanol–water partition coefficient (Wildman–Crippen LogP) is 3.45. The second-order valence-corrected chi connectivity index (χ2v) is 8.28. The Balaban J connectivity index is 1.41. The second-order valence-electron chi connectivity index (χ2n) is 7.37. The summed E-state index contributed by atoms with van der Waals surface area (Å²) in [6.07, 6.45) is -2.15. The van der Waals surface area contributed by atoms with E-state index in [9.17, 15) is 22.8 Å². The third-order valence-electron chi connectivity index (χ3n) is 5.71. The van der Waals surface area contributed by atoms with Crippen molar-refractivity contribution in [2.75, 3.05) is 37.6 Å². The molecule has 1 saturated heterocycles. The van der Waals surface area contributed by atoms with Gasteiger partial charge in [0.1, 0.15) is 12.6 Å². The van der Waals surface area contributed by atoms with Crippen LogP contribution in [0.4, 0.5) is 18.9 Å². The summed E-state index contributed by atoms with van der Waals surface area (Å²) in [7, 11) is 0. The molecule has 2 fully saturated rings. The van der Waals surface area contributed by atoms with Crippen LogP contribution in [0.5, 0.6) is 0 Å². The molecular weight excluding hydrogens is 377 g/mol. The highest BCUT2D eigenvalue weighted by Gasteiger charge is 2.54. The summed E-state index contributed by atoms with van der Waals surface area (Å²) in [5.41, 5.74) is -0.409. The number of nitrogens with zero attached hydrogens (tertiary/aromatic N) is 2. The Morgan fingerprint density at radius 3 is 2.44 bits per heavy atom. The fourth-order valence-electron chi connectivity index (χ4n) is 3.84. The number of carbonyl (C=O) groups is 2. The highest BCUT2D eigenvalue weighted by atomic mass is 32.1. The van der Waals surface area contributed by atoms with Crippen molar-refractivity contribution in [3.8, 4) is 0 Å². The Kier molecular flexibility index (Phi) is 4.50. The molecule has 1 atom stereocenters. The molecule has 1 aromatic heterocycles. The number of rotatable bonds is 5. The first-order valence-corrected chi connectivity index (χ1v) is 9.73. The molecule has 0 bridgehead atoms.